The van der Waals surface area contributed by atoms with Gasteiger partial charge in [-0.15, -0.1) is 22.7 Å². The number of ether oxygens (including phenoxy) is 3. The number of hydrogen-bond acceptors (Lipinski definition) is 15. The van der Waals surface area contributed by atoms with Crippen LogP contribution in [-0.2, 0) is 23.8 Å². The molecule has 2 unspecified atom stereocenters. The number of aliphatic hydroxyl groups is 5. The van der Waals surface area contributed by atoms with Crippen LogP contribution in [-0.4, -0.2) is 121 Å². The number of aliphatic hydroxyl groups excluding tert-OH is 3. The molecule has 0 aromatic carbocycles. The second-order valence-corrected chi connectivity index (χ2v) is 17.2. The Kier molecular flexibility index (Phi) is 14.6. The van der Waals surface area contributed by atoms with Gasteiger partial charge in [0.05, 0.1) is 52.6 Å². The van der Waals surface area contributed by atoms with Crippen LogP contribution in [0.4, 0.5) is 0 Å². The van der Waals surface area contributed by atoms with E-state index >= 15 is 0 Å². The zero-order chi connectivity index (χ0) is 40.3. The molecule has 0 aliphatic carbocycles. The first-order valence-corrected chi connectivity index (χ1v) is 20.1. The van der Waals surface area contributed by atoms with Gasteiger partial charge in [0.25, 0.3) is 5.91 Å². The molecule has 5 N–H and O–H groups in total. The predicted octanol–water partition coefficient (Wildman–Crippen LogP) is 3.84. The van der Waals surface area contributed by atoms with Crippen LogP contribution in [0.1, 0.15) is 94.0 Å². The maximum absolute atomic E-state index is 13.6. The lowest BCUT2D eigenvalue weighted by atomic mass is 9.73. The number of hydrogen-bond donors (Lipinski definition) is 5. The van der Waals surface area contributed by atoms with E-state index in [9.17, 15) is 39.9 Å². The summed E-state index contributed by atoms with van der Waals surface area (Å²) in [5.74, 6) is -5.84. The molecule has 0 spiro atoms. The summed E-state index contributed by atoms with van der Waals surface area (Å²) in [5, 5.41) is 66.7. The molecular formula is C38H56N2O12S2. The van der Waals surface area contributed by atoms with E-state index in [1.807, 2.05) is 0 Å². The van der Waals surface area contributed by atoms with Crippen molar-refractivity contribution in [3.05, 3.63) is 44.8 Å². The van der Waals surface area contributed by atoms with Crippen molar-refractivity contribution in [1.82, 2.24) is 4.90 Å². The highest BCUT2D eigenvalue weighted by molar-refractivity contribution is 7.12. The number of rotatable bonds is 7. The minimum absolute atomic E-state index is 0.108. The first-order chi connectivity index (χ1) is 25.2. The fourth-order valence-electron chi connectivity index (χ4n) is 7.72. The Bertz CT molecular complexity index is 1580. The summed E-state index contributed by atoms with van der Waals surface area (Å²) in [7, 11) is 1.59. The minimum Gasteiger partial charge on any atom is -0.459 e. The summed E-state index contributed by atoms with van der Waals surface area (Å²) in [6, 6.07) is 5.97. The number of thiophene rings is 2. The van der Waals surface area contributed by atoms with Gasteiger partial charge in [-0.25, -0.2) is 4.79 Å². The molecule has 0 saturated carbocycles. The molecule has 0 radical (unpaired) electrons. The molecule has 14 atom stereocenters. The molecule has 2 saturated heterocycles. The van der Waals surface area contributed by atoms with Gasteiger partial charge in [-0.05, 0) is 69.9 Å². The first-order valence-electron chi connectivity index (χ1n) is 18.4. The molecule has 4 heterocycles. The van der Waals surface area contributed by atoms with E-state index in [1.54, 1.807) is 76.7 Å². The van der Waals surface area contributed by atoms with Gasteiger partial charge in [0.2, 0.25) is 0 Å². The van der Waals surface area contributed by atoms with Crippen molar-refractivity contribution in [2.75, 3.05) is 7.05 Å². The van der Waals surface area contributed by atoms with Crippen LogP contribution in [0.15, 0.2) is 40.2 Å². The number of amides is 1. The summed E-state index contributed by atoms with van der Waals surface area (Å²) < 4.78 is 18.3. The van der Waals surface area contributed by atoms with Crippen molar-refractivity contribution in [3.8, 4) is 0 Å². The van der Waals surface area contributed by atoms with E-state index in [4.69, 9.17) is 19.0 Å². The molecule has 2 aliphatic rings. The molecule has 2 aromatic rings. The molecule has 54 heavy (non-hydrogen) atoms. The van der Waals surface area contributed by atoms with Gasteiger partial charge in [0.1, 0.15) is 22.7 Å². The van der Waals surface area contributed by atoms with Crippen molar-refractivity contribution in [2.45, 2.75) is 135 Å². The van der Waals surface area contributed by atoms with Gasteiger partial charge >= 0.3 is 11.9 Å². The highest BCUT2D eigenvalue weighted by Gasteiger charge is 2.51. The first kappa shape index (κ1) is 43.9. The van der Waals surface area contributed by atoms with E-state index in [2.05, 4.69) is 5.16 Å². The number of likely N-dealkylation sites (N-methyl/N-ethyl adjacent to an activating group) is 1. The van der Waals surface area contributed by atoms with Crippen molar-refractivity contribution in [1.29, 1.82) is 0 Å². The van der Waals surface area contributed by atoms with Crippen LogP contribution >= 0.6 is 22.7 Å². The maximum atomic E-state index is 13.6. The average Bonchev–Trinajstić information content (AvgIpc) is 3.87. The fourth-order valence-corrected chi connectivity index (χ4v) is 9.02. The lowest BCUT2D eigenvalue weighted by molar-refractivity contribution is -0.298. The largest absolute Gasteiger partial charge is 0.459 e. The van der Waals surface area contributed by atoms with Crippen molar-refractivity contribution in [2.24, 2.45) is 28.8 Å². The summed E-state index contributed by atoms with van der Waals surface area (Å²) in [5.41, 5.74) is -3.78. The number of carbonyl (C=O) groups is 3. The zero-order valence-corrected chi connectivity index (χ0v) is 34.0. The maximum Gasteiger partial charge on any atom is 0.375 e. The van der Waals surface area contributed by atoms with Crippen molar-refractivity contribution in [3.63, 3.8) is 0 Å². The molecule has 14 nitrogen and oxygen atoms in total. The Morgan fingerprint density at radius 1 is 0.981 bits per heavy atom. The third-order valence-electron chi connectivity index (χ3n) is 11.0. The van der Waals surface area contributed by atoms with Gasteiger partial charge in [-0.3, -0.25) is 9.59 Å². The second kappa shape index (κ2) is 18.0. The van der Waals surface area contributed by atoms with E-state index < -0.39 is 95.8 Å². The molecule has 302 valence electrons. The van der Waals surface area contributed by atoms with E-state index in [-0.39, 0.29) is 29.3 Å². The molecule has 1 amide bonds. The minimum atomic E-state index is -2.02. The normalized spacial score (nSPS) is 39.4. The summed E-state index contributed by atoms with van der Waals surface area (Å²) in [4.78, 5) is 47.3. The summed E-state index contributed by atoms with van der Waals surface area (Å²) in [6.07, 6.45) is -8.61. The van der Waals surface area contributed by atoms with Gasteiger partial charge in [0.15, 0.2) is 6.29 Å². The Morgan fingerprint density at radius 3 is 2.17 bits per heavy atom. The van der Waals surface area contributed by atoms with Gasteiger partial charge in [-0.1, -0.05) is 45.0 Å². The Balaban J connectivity index is 1.75. The van der Waals surface area contributed by atoms with E-state index in [0.29, 0.717) is 11.3 Å². The number of nitrogens with zero attached hydrogens (tertiary/aromatic N) is 2. The molecule has 16 heteroatoms. The third-order valence-corrected chi connectivity index (χ3v) is 12.7. The summed E-state index contributed by atoms with van der Waals surface area (Å²) >= 11 is 2.43. The van der Waals surface area contributed by atoms with Crippen LogP contribution in [0, 0.1) is 23.7 Å². The number of esters is 1. The zero-order valence-electron chi connectivity index (χ0n) is 32.3. The predicted molar refractivity (Wildman–Crippen MR) is 202 cm³/mol. The smallest absolute Gasteiger partial charge is 0.375 e. The van der Waals surface area contributed by atoms with Gasteiger partial charge in [-0.2, -0.15) is 0 Å². The lowest BCUT2D eigenvalue weighted by Gasteiger charge is -2.47. The fraction of sp³-hybridized carbons (Fsp3) is 0.684. The van der Waals surface area contributed by atoms with Crippen LogP contribution in [0.3, 0.4) is 0 Å². The Morgan fingerprint density at radius 2 is 1.59 bits per heavy atom. The van der Waals surface area contributed by atoms with Crippen LogP contribution in [0.25, 0.3) is 0 Å². The van der Waals surface area contributed by atoms with Gasteiger partial charge in [0, 0.05) is 24.8 Å². The molecule has 0 bridgehead atoms. The van der Waals surface area contributed by atoms with Crippen molar-refractivity contribution < 1.29 is 59.0 Å². The standard InChI is InChI=1S/C38H56N2O12S2/c1-10-27-38(8,48)31(43)21(4)28(39-52-35(46)26-14-12-16-54-26)19(2)18-37(7,47)32(22(5)29(41)23(6)34(45)50-27)51-36-30(42)24(17-20(3)49-36)40(9)33(44)25-13-11-15-53-25/h11-16,19-24,27,29-32,36,41-43,47-48H,10,17-18H2,1-9H3/b39-28+/t19-,20+,21+,22-,23+,24-,27+,29-,30-,31-,32+,36-,37?,38?/m0/s1. The highest BCUT2D eigenvalue weighted by atomic mass is 32.1. The van der Waals surface area contributed by atoms with Crippen molar-refractivity contribution >= 4 is 46.2 Å². The second-order valence-electron chi connectivity index (χ2n) is 15.3. The molecule has 2 fully saturated rings. The van der Waals surface area contributed by atoms with Crippen LogP contribution < -0.4 is 0 Å². The van der Waals surface area contributed by atoms with E-state index in [0.717, 1.165) is 11.3 Å². The molecule has 4 rings (SSSR count). The number of carbonyl (C=O) groups excluding carboxylic acids is 3. The Labute approximate surface area is 324 Å². The number of oxime groups is 1. The van der Waals surface area contributed by atoms with E-state index in [1.165, 1.54) is 37.0 Å². The van der Waals surface area contributed by atoms with Gasteiger partial charge < -0.3 is 49.5 Å². The van der Waals surface area contributed by atoms with Crippen LogP contribution in [0.2, 0.25) is 0 Å². The topological polar surface area (TPSA) is 205 Å². The third kappa shape index (κ3) is 9.59. The number of cyclic esters (lactones) is 1. The SMILES string of the molecule is CC[C@H]1OC(=O)[C@H](C)[C@@H](O)[C@H](C)[C@@H](O[C@@H]2O[C@H](C)C[C@H](N(C)C(=O)c3cccs3)[C@@H]2O)C(C)(O)C[C@H](C)/C(=N\OC(=O)c2cccs2)[C@@H](C)[C@H](O)C1(C)O. The quantitative estimate of drug-likeness (QED) is 0.154. The van der Waals surface area contributed by atoms with Crippen LogP contribution in [0.5, 0.6) is 0 Å². The molecular weight excluding hydrogens is 741 g/mol. The highest BCUT2D eigenvalue weighted by Crippen LogP contribution is 2.38. The monoisotopic (exact) mass is 796 g/mol. The summed E-state index contributed by atoms with van der Waals surface area (Å²) in [6.45, 7) is 12.6. The average molecular weight is 797 g/mol. The molecule has 2 aliphatic heterocycles. The lowest BCUT2D eigenvalue weighted by Crippen LogP contribution is -2.60. The molecule has 2 aromatic heterocycles. The Hall–Kier alpha value is -2.80.